The first kappa shape index (κ1) is 27.6. The Labute approximate surface area is 217 Å². The highest BCUT2D eigenvalue weighted by Gasteiger charge is 2.46. The third-order valence-electron chi connectivity index (χ3n) is 5.99. The SMILES string of the molecule is CCCCCOc1ccc(C2/C(=C(\O)c3ccc(Cl)cc3)C(=O)C(=O)N2CCCOC)cc1OCC. The minimum Gasteiger partial charge on any atom is -0.507 e. The average Bonchev–Trinajstić information content (AvgIpc) is 3.12. The summed E-state index contributed by atoms with van der Waals surface area (Å²) in [4.78, 5) is 27.7. The highest BCUT2D eigenvalue weighted by molar-refractivity contribution is 6.46. The van der Waals surface area contributed by atoms with Crippen molar-refractivity contribution < 1.29 is 28.9 Å². The molecule has 0 spiro atoms. The van der Waals surface area contributed by atoms with E-state index in [4.69, 9.17) is 25.8 Å². The molecule has 1 aliphatic heterocycles. The lowest BCUT2D eigenvalue weighted by Crippen LogP contribution is -2.31. The van der Waals surface area contributed by atoms with Crippen LogP contribution in [0.15, 0.2) is 48.0 Å². The van der Waals surface area contributed by atoms with Gasteiger partial charge >= 0.3 is 0 Å². The average molecular weight is 516 g/mol. The normalized spacial score (nSPS) is 17.0. The lowest BCUT2D eigenvalue weighted by atomic mass is 9.95. The van der Waals surface area contributed by atoms with Crippen LogP contribution in [0.3, 0.4) is 0 Å². The van der Waals surface area contributed by atoms with Gasteiger partial charge in [-0.05, 0) is 61.7 Å². The Morgan fingerprint density at radius 3 is 2.39 bits per heavy atom. The van der Waals surface area contributed by atoms with Gasteiger partial charge in [-0.25, -0.2) is 0 Å². The third kappa shape index (κ3) is 6.39. The van der Waals surface area contributed by atoms with E-state index in [1.165, 1.54) is 4.90 Å². The monoisotopic (exact) mass is 515 g/mol. The van der Waals surface area contributed by atoms with Crippen molar-refractivity contribution >= 4 is 29.1 Å². The Morgan fingerprint density at radius 1 is 0.972 bits per heavy atom. The number of carbonyl (C=O) groups is 2. The van der Waals surface area contributed by atoms with Crippen LogP contribution in [0.2, 0.25) is 5.02 Å². The quantitative estimate of drug-likeness (QED) is 0.158. The van der Waals surface area contributed by atoms with Crippen molar-refractivity contribution in [2.24, 2.45) is 0 Å². The second-order valence-electron chi connectivity index (χ2n) is 8.54. The fourth-order valence-electron chi connectivity index (χ4n) is 4.22. The summed E-state index contributed by atoms with van der Waals surface area (Å²) >= 11 is 6.00. The summed E-state index contributed by atoms with van der Waals surface area (Å²) in [5.41, 5.74) is 1.07. The molecule has 1 N–H and O–H groups in total. The van der Waals surface area contributed by atoms with Gasteiger partial charge in [-0.15, -0.1) is 0 Å². The fraction of sp³-hybridized carbons (Fsp3) is 0.429. The molecule has 1 unspecified atom stereocenters. The zero-order valence-electron chi connectivity index (χ0n) is 21.1. The molecule has 36 heavy (non-hydrogen) atoms. The molecule has 1 fully saturated rings. The molecule has 0 saturated carbocycles. The van der Waals surface area contributed by atoms with Gasteiger partial charge in [-0.3, -0.25) is 9.59 Å². The van der Waals surface area contributed by atoms with Gasteiger partial charge in [0, 0.05) is 30.8 Å². The number of Topliss-reactive ketones (excluding diaryl/α,β-unsaturated/α-hetero) is 1. The molecule has 1 saturated heterocycles. The van der Waals surface area contributed by atoms with Crippen LogP contribution < -0.4 is 9.47 Å². The molecule has 194 valence electrons. The number of methoxy groups -OCH3 is 1. The number of aliphatic hydroxyl groups excluding tert-OH is 1. The van der Waals surface area contributed by atoms with E-state index in [2.05, 4.69) is 6.92 Å². The molecule has 1 heterocycles. The minimum atomic E-state index is -0.786. The first-order chi connectivity index (χ1) is 17.4. The number of hydrogen-bond donors (Lipinski definition) is 1. The zero-order chi connectivity index (χ0) is 26.1. The number of nitrogens with zero attached hydrogens (tertiary/aromatic N) is 1. The third-order valence-corrected chi connectivity index (χ3v) is 6.25. The van der Waals surface area contributed by atoms with E-state index in [9.17, 15) is 14.7 Å². The van der Waals surface area contributed by atoms with E-state index in [1.807, 2.05) is 13.0 Å². The van der Waals surface area contributed by atoms with Gasteiger partial charge in [0.05, 0.1) is 24.8 Å². The Hall–Kier alpha value is -3.03. The van der Waals surface area contributed by atoms with E-state index >= 15 is 0 Å². The molecule has 1 amide bonds. The van der Waals surface area contributed by atoms with Crippen LogP contribution in [0.5, 0.6) is 11.5 Å². The molecular weight excluding hydrogens is 482 g/mol. The van der Waals surface area contributed by atoms with Crippen LogP contribution in [0.4, 0.5) is 0 Å². The van der Waals surface area contributed by atoms with Crippen LogP contribution in [0.1, 0.15) is 56.7 Å². The van der Waals surface area contributed by atoms with Crippen molar-refractivity contribution in [2.45, 2.75) is 45.6 Å². The summed E-state index contributed by atoms with van der Waals surface area (Å²) in [6.07, 6.45) is 3.64. The largest absolute Gasteiger partial charge is 0.507 e. The van der Waals surface area contributed by atoms with Crippen LogP contribution in [0.25, 0.3) is 5.76 Å². The molecule has 7 nitrogen and oxygen atoms in total. The Bertz CT molecular complexity index is 1080. The molecule has 0 aliphatic carbocycles. The van der Waals surface area contributed by atoms with Gasteiger partial charge in [0.25, 0.3) is 11.7 Å². The van der Waals surface area contributed by atoms with Crippen molar-refractivity contribution in [3.05, 3.63) is 64.2 Å². The number of amides is 1. The molecule has 3 rings (SSSR count). The van der Waals surface area contributed by atoms with Gasteiger partial charge in [0.1, 0.15) is 5.76 Å². The lowest BCUT2D eigenvalue weighted by Gasteiger charge is -2.26. The smallest absolute Gasteiger partial charge is 0.295 e. The molecule has 0 aromatic heterocycles. The number of carbonyl (C=O) groups excluding carboxylic acids is 2. The maximum atomic E-state index is 13.2. The lowest BCUT2D eigenvalue weighted by molar-refractivity contribution is -0.140. The molecular formula is C28H34ClNO6. The standard InChI is InChI=1S/C28H34ClNO6/c1-4-6-7-17-36-22-14-11-20(18-23(22)35-5-2)25-24(26(31)19-9-12-21(29)13-10-19)27(32)28(33)30(25)15-8-16-34-3/h9-14,18,25,31H,4-8,15-17H2,1-3H3/b26-24+. The van der Waals surface area contributed by atoms with Crippen molar-refractivity contribution in [3.8, 4) is 11.5 Å². The summed E-state index contributed by atoms with van der Waals surface area (Å²) in [7, 11) is 1.58. The highest BCUT2D eigenvalue weighted by Crippen LogP contribution is 2.42. The van der Waals surface area contributed by atoms with Gasteiger partial charge in [0.2, 0.25) is 0 Å². The molecule has 1 aliphatic rings. The van der Waals surface area contributed by atoms with Gasteiger partial charge in [-0.1, -0.05) is 37.4 Å². The maximum Gasteiger partial charge on any atom is 0.295 e. The summed E-state index contributed by atoms with van der Waals surface area (Å²) < 4.78 is 16.9. The van der Waals surface area contributed by atoms with Crippen molar-refractivity contribution in [1.29, 1.82) is 0 Å². The number of benzene rings is 2. The van der Waals surface area contributed by atoms with E-state index in [-0.39, 0.29) is 11.3 Å². The zero-order valence-corrected chi connectivity index (χ0v) is 21.8. The van der Waals surface area contributed by atoms with Crippen LogP contribution >= 0.6 is 11.6 Å². The van der Waals surface area contributed by atoms with E-state index in [1.54, 1.807) is 43.5 Å². The Balaban J connectivity index is 2.06. The van der Waals surface area contributed by atoms with Crippen LogP contribution in [0, 0.1) is 0 Å². The maximum absolute atomic E-state index is 13.2. The van der Waals surface area contributed by atoms with E-state index in [0.717, 1.165) is 19.3 Å². The van der Waals surface area contributed by atoms with Gasteiger partial charge in [-0.2, -0.15) is 0 Å². The predicted octanol–water partition coefficient (Wildman–Crippen LogP) is 5.77. The van der Waals surface area contributed by atoms with Crippen molar-refractivity contribution in [3.63, 3.8) is 0 Å². The summed E-state index contributed by atoms with van der Waals surface area (Å²) in [5.74, 6) is -0.513. The predicted molar refractivity (Wildman–Crippen MR) is 140 cm³/mol. The summed E-state index contributed by atoms with van der Waals surface area (Å²) in [6, 6.07) is 11.1. The van der Waals surface area contributed by atoms with E-state index in [0.29, 0.717) is 60.4 Å². The number of likely N-dealkylation sites (tertiary alicyclic amines) is 1. The molecule has 2 aromatic rings. The molecule has 1 atom stereocenters. The second kappa shape index (κ2) is 13.3. The first-order valence-corrected chi connectivity index (χ1v) is 12.7. The van der Waals surface area contributed by atoms with Gasteiger partial charge in [0.15, 0.2) is 11.5 Å². The minimum absolute atomic E-state index is 0.0267. The topological polar surface area (TPSA) is 85.3 Å². The van der Waals surface area contributed by atoms with Crippen molar-refractivity contribution in [1.82, 2.24) is 4.90 Å². The number of aliphatic hydroxyl groups is 1. The Kier molecular flexibility index (Phi) is 10.2. The second-order valence-corrected chi connectivity index (χ2v) is 8.98. The number of halogens is 1. The number of hydrogen-bond acceptors (Lipinski definition) is 6. The Morgan fingerprint density at radius 2 is 1.72 bits per heavy atom. The first-order valence-electron chi connectivity index (χ1n) is 12.4. The molecule has 0 bridgehead atoms. The summed E-state index contributed by atoms with van der Waals surface area (Å²) in [5, 5.41) is 11.7. The number of unbranched alkanes of at least 4 members (excludes halogenated alkanes) is 2. The van der Waals surface area contributed by atoms with E-state index < -0.39 is 17.7 Å². The molecule has 0 radical (unpaired) electrons. The molecule has 2 aromatic carbocycles. The number of rotatable bonds is 13. The van der Waals surface area contributed by atoms with Crippen LogP contribution in [-0.2, 0) is 14.3 Å². The highest BCUT2D eigenvalue weighted by atomic mass is 35.5. The fourth-order valence-corrected chi connectivity index (χ4v) is 4.34. The number of ketones is 1. The van der Waals surface area contributed by atoms with Crippen LogP contribution in [-0.4, -0.2) is 55.2 Å². The summed E-state index contributed by atoms with van der Waals surface area (Å²) in [6.45, 7) is 5.73. The van der Waals surface area contributed by atoms with Gasteiger partial charge < -0.3 is 24.2 Å². The van der Waals surface area contributed by atoms with Crippen molar-refractivity contribution in [2.75, 3.05) is 33.5 Å². The molecule has 8 heteroatoms. The number of ether oxygens (including phenoxy) is 3.